The van der Waals surface area contributed by atoms with E-state index in [4.69, 9.17) is 9.72 Å². The van der Waals surface area contributed by atoms with E-state index in [0.29, 0.717) is 34.7 Å². The maximum Gasteiger partial charge on any atom is 0.387 e. The van der Waals surface area contributed by atoms with Gasteiger partial charge in [0.25, 0.3) is 0 Å². The Morgan fingerprint density at radius 2 is 2.08 bits per heavy atom. The van der Waals surface area contributed by atoms with E-state index >= 15 is 0 Å². The Morgan fingerprint density at radius 3 is 2.89 bits per heavy atom. The fourth-order valence-corrected chi connectivity index (χ4v) is 6.37. The maximum atomic E-state index is 13.6. The van der Waals surface area contributed by atoms with Crippen LogP contribution in [0.3, 0.4) is 0 Å². The highest BCUT2D eigenvalue weighted by molar-refractivity contribution is 5.91. The first kappa shape index (κ1) is 23.6. The molecule has 0 bridgehead atoms. The summed E-state index contributed by atoms with van der Waals surface area (Å²) in [5, 5.41) is 4.63. The van der Waals surface area contributed by atoms with Gasteiger partial charge in [-0.05, 0) is 74.4 Å². The van der Waals surface area contributed by atoms with Crippen LogP contribution in [0.2, 0.25) is 0 Å². The largest absolute Gasteiger partial charge is 0.432 e. The average molecular weight is 519 g/mol. The molecule has 0 spiro atoms. The molecule has 0 unspecified atom stereocenters. The fraction of sp³-hybridized carbons (Fsp3) is 0.448. The fourth-order valence-electron chi connectivity index (χ4n) is 6.37. The smallest absolute Gasteiger partial charge is 0.387 e. The van der Waals surface area contributed by atoms with Crippen molar-refractivity contribution in [3.63, 3.8) is 0 Å². The summed E-state index contributed by atoms with van der Waals surface area (Å²) in [4.78, 5) is 11.9. The molecule has 1 saturated carbocycles. The average Bonchev–Trinajstić information content (AvgIpc) is 3.33. The molecule has 0 amide bonds. The lowest BCUT2D eigenvalue weighted by Gasteiger charge is -2.37. The normalized spacial score (nSPS) is 21.5. The zero-order valence-corrected chi connectivity index (χ0v) is 21.5. The van der Waals surface area contributed by atoms with Gasteiger partial charge in [-0.1, -0.05) is 6.58 Å². The van der Waals surface area contributed by atoms with Crippen molar-refractivity contribution in [2.45, 2.75) is 44.9 Å². The number of piperidine rings is 1. The summed E-state index contributed by atoms with van der Waals surface area (Å²) in [6, 6.07) is 10.2. The number of likely N-dealkylation sites (tertiary alicyclic amines) is 1. The highest BCUT2D eigenvalue weighted by atomic mass is 19.3. The first-order valence-corrected chi connectivity index (χ1v) is 13.5. The molecule has 2 saturated heterocycles. The second-order valence-corrected chi connectivity index (χ2v) is 11.0. The number of halogens is 2. The minimum absolute atomic E-state index is 0.117. The molecule has 2 aliphatic heterocycles. The number of imidazole rings is 1. The third kappa shape index (κ3) is 4.04. The van der Waals surface area contributed by atoms with E-state index in [9.17, 15) is 8.78 Å². The Labute approximate surface area is 220 Å². The number of nitrogens with zero attached hydrogens (tertiary/aromatic N) is 5. The zero-order valence-electron chi connectivity index (χ0n) is 21.5. The predicted molar refractivity (Wildman–Crippen MR) is 144 cm³/mol. The third-order valence-electron chi connectivity index (χ3n) is 8.57. The number of rotatable bonds is 7. The summed E-state index contributed by atoms with van der Waals surface area (Å²) in [5.41, 5.74) is 4.59. The van der Waals surface area contributed by atoms with Gasteiger partial charge in [0, 0.05) is 55.6 Å². The topological polar surface area (TPSA) is 60.1 Å². The molecular formula is C29H32F2N6O. The molecule has 3 aliphatic rings. The van der Waals surface area contributed by atoms with Crippen LogP contribution in [0.1, 0.15) is 31.2 Å². The first-order valence-electron chi connectivity index (χ1n) is 13.5. The SMILES string of the molecule is C=C(c1cc(OC(F)F)c2c(c1)nc(-c1cc3cccnc3n1CC1CC1)n2C)N1CC[C@H]2CCN[C@H]2C1. The zero-order chi connectivity index (χ0) is 26.0. The lowest BCUT2D eigenvalue weighted by atomic mass is 9.92. The van der Waals surface area contributed by atoms with Crippen molar-refractivity contribution < 1.29 is 13.5 Å². The number of fused-ring (bicyclic) bond motifs is 3. The summed E-state index contributed by atoms with van der Waals surface area (Å²) in [5.74, 6) is 2.16. The number of aryl methyl sites for hydroxylation is 1. The molecule has 2 atom stereocenters. The molecule has 1 aliphatic carbocycles. The number of benzene rings is 1. The van der Waals surface area contributed by atoms with Crippen molar-refractivity contribution in [1.82, 2.24) is 29.3 Å². The summed E-state index contributed by atoms with van der Waals surface area (Å²) in [7, 11) is 1.86. The molecule has 1 aromatic carbocycles. The van der Waals surface area contributed by atoms with Gasteiger partial charge in [0.2, 0.25) is 0 Å². The van der Waals surface area contributed by atoms with Crippen LogP contribution in [0.15, 0.2) is 43.1 Å². The van der Waals surface area contributed by atoms with Crippen molar-refractivity contribution in [3.05, 3.63) is 48.7 Å². The number of hydrogen-bond donors (Lipinski definition) is 1. The van der Waals surface area contributed by atoms with E-state index in [1.807, 2.05) is 29.8 Å². The van der Waals surface area contributed by atoms with Gasteiger partial charge in [0.1, 0.15) is 11.2 Å². The Hall–Kier alpha value is -3.46. The van der Waals surface area contributed by atoms with E-state index in [1.165, 1.54) is 19.3 Å². The molecule has 198 valence electrons. The summed E-state index contributed by atoms with van der Waals surface area (Å²) in [6.45, 7) is 5.13. The number of aromatic nitrogens is 4. The molecule has 7 rings (SSSR count). The molecule has 5 heterocycles. The third-order valence-corrected chi connectivity index (χ3v) is 8.57. The molecule has 38 heavy (non-hydrogen) atoms. The molecule has 7 nitrogen and oxygen atoms in total. The standard InChI is InChI=1S/C29H32F2N6O/c1-17(36-11-8-19-7-10-32-23(19)16-36)21-12-22-26(25(14-21)38-29(30)31)35(2)28(34-22)24-13-20-4-3-9-33-27(20)37(24)15-18-5-6-18/h3-4,9,12-14,18-19,23,29,32H,1,5-8,10-11,15-16H2,2H3/t19-,23+/m1/s1. The highest BCUT2D eigenvalue weighted by Crippen LogP contribution is 2.39. The van der Waals surface area contributed by atoms with Gasteiger partial charge in [0.15, 0.2) is 11.6 Å². The van der Waals surface area contributed by atoms with Gasteiger partial charge >= 0.3 is 6.61 Å². The van der Waals surface area contributed by atoms with Gasteiger partial charge in [0.05, 0.1) is 11.2 Å². The van der Waals surface area contributed by atoms with E-state index in [2.05, 4.69) is 32.4 Å². The molecule has 3 aromatic heterocycles. The molecular weight excluding hydrogens is 486 g/mol. The lowest BCUT2D eigenvalue weighted by Crippen LogP contribution is -2.45. The van der Waals surface area contributed by atoms with Crippen LogP contribution in [-0.2, 0) is 13.6 Å². The Balaban J connectivity index is 1.32. The number of ether oxygens (including phenoxy) is 1. The van der Waals surface area contributed by atoms with Crippen LogP contribution in [0.5, 0.6) is 5.75 Å². The van der Waals surface area contributed by atoms with Crippen molar-refractivity contribution in [2.24, 2.45) is 18.9 Å². The quantitative estimate of drug-likeness (QED) is 0.362. The van der Waals surface area contributed by atoms with Crippen molar-refractivity contribution in [1.29, 1.82) is 0 Å². The van der Waals surface area contributed by atoms with E-state index in [1.54, 1.807) is 12.3 Å². The number of nitrogens with one attached hydrogen (secondary N) is 1. The number of pyridine rings is 1. The highest BCUT2D eigenvalue weighted by Gasteiger charge is 2.33. The Kier molecular flexibility index (Phi) is 5.65. The molecule has 0 radical (unpaired) electrons. The van der Waals surface area contributed by atoms with Crippen molar-refractivity contribution in [3.8, 4) is 17.3 Å². The van der Waals surface area contributed by atoms with Crippen molar-refractivity contribution >= 4 is 27.8 Å². The van der Waals surface area contributed by atoms with Crippen LogP contribution in [0.4, 0.5) is 8.78 Å². The molecule has 3 fully saturated rings. The molecule has 1 N–H and O–H groups in total. The van der Waals surface area contributed by atoms with E-state index in [-0.39, 0.29) is 5.75 Å². The summed E-state index contributed by atoms with van der Waals surface area (Å²) in [6.07, 6.45) is 6.54. The van der Waals surface area contributed by atoms with Crippen LogP contribution in [0.25, 0.3) is 39.3 Å². The number of hydrogen-bond acceptors (Lipinski definition) is 5. The van der Waals surface area contributed by atoms with Crippen molar-refractivity contribution in [2.75, 3.05) is 19.6 Å². The van der Waals surface area contributed by atoms with E-state index in [0.717, 1.165) is 60.6 Å². The van der Waals surface area contributed by atoms with Gasteiger partial charge in [-0.25, -0.2) is 9.97 Å². The van der Waals surface area contributed by atoms with Crippen LogP contribution in [-0.4, -0.2) is 56.3 Å². The molecule has 9 heteroatoms. The minimum atomic E-state index is -2.94. The summed E-state index contributed by atoms with van der Waals surface area (Å²) >= 11 is 0. The molecule has 4 aromatic rings. The van der Waals surface area contributed by atoms with Crippen LogP contribution < -0.4 is 10.1 Å². The van der Waals surface area contributed by atoms with Gasteiger partial charge < -0.3 is 24.1 Å². The Bertz CT molecular complexity index is 1540. The lowest BCUT2D eigenvalue weighted by molar-refractivity contribution is -0.0490. The van der Waals surface area contributed by atoms with E-state index < -0.39 is 6.61 Å². The van der Waals surface area contributed by atoms with Gasteiger partial charge in [-0.15, -0.1) is 0 Å². The van der Waals surface area contributed by atoms with Crippen LogP contribution >= 0.6 is 0 Å². The Morgan fingerprint density at radius 1 is 1.21 bits per heavy atom. The van der Waals surface area contributed by atoms with Gasteiger partial charge in [-0.3, -0.25) is 0 Å². The first-order chi connectivity index (χ1) is 18.5. The monoisotopic (exact) mass is 518 g/mol. The van der Waals surface area contributed by atoms with Crippen LogP contribution in [0, 0.1) is 11.8 Å². The summed E-state index contributed by atoms with van der Waals surface area (Å²) < 4.78 is 36.4. The van der Waals surface area contributed by atoms with Gasteiger partial charge in [-0.2, -0.15) is 8.78 Å². The minimum Gasteiger partial charge on any atom is -0.432 e. The second kappa shape index (κ2) is 9.08. The maximum absolute atomic E-state index is 13.6. The second-order valence-electron chi connectivity index (χ2n) is 11.0. The number of alkyl halides is 2. The predicted octanol–water partition coefficient (Wildman–Crippen LogP) is 5.26.